The van der Waals surface area contributed by atoms with Gasteiger partial charge in [-0.1, -0.05) is 40.5 Å². The Kier molecular flexibility index (Phi) is 8.89. The second-order valence-corrected chi connectivity index (χ2v) is 5.74. The van der Waals surface area contributed by atoms with Crippen molar-refractivity contribution in [2.45, 2.75) is 66.3 Å². The molecule has 0 bridgehead atoms. The molecule has 0 unspecified atom stereocenters. The van der Waals surface area contributed by atoms with Gasteiger partial charge in [0.25, 0.3) is 0 Å². The topological polar surface area (TPSA) is 15.3 Å². The Labute approximate surface area is 109 Å². The van der Waals surface area contributed by atoms with Crippen molar-refractivity contribution in [3.8, 4) is 0 Å². The monoisotopic (exact) mass is 242 g/mol. The van der Waals surface area contributed by atoms with E-state index < -0.39 is 0 Å². The number of likely N-dealkylation sites (N-methyl/N-ethyl adjacent to an activating group) is 1. The molecular formula is C15H34N2. The van der Waals surface area contributed by atoms with Gasteiger partial charge in [0, 0.05) is 25.2 Å². The van der Waals surface area contributed by atoms with Gasteiger partial charge in [-0.15, -0.1) is 0 Å². The van der Waals surface area contributed by atoms with E-state index in [0.717, 1.165) is 12.5 Å². The molecule has 104 valence electrons. The molecule has 0 aromatic rings. The fourth-order valence-corrected chi connectivity index (χ4v) is 1.97. The lowest BCUT2D eigenvalue weighted by Crippen LogP contribution is -2.43. The lowest BCUT2D eigenvalue weighted by Gasteiger charge is -2.29. The molecule has 0 atom stereocenters. The molecule has 0 saturated heterocycles. The van der Waals surface area contributed by atoms with E-state index in [2.05, 4.69) is 51.8 Å². The van der Waals surface area contributed by atoms with E-state index in [9.17, 15) is 0 Å². The van der Waals surface area contributed by atoms with Gasteiger partial charge in [-0.25, -0.2) is 0 Å². The normalized spacial score (nSPS) is 12.7. The van der Waals surface area contributed by atoms with Crippen molar-refractivity contribution >= 4 is 0 Å². The highest BCUT2D eigenvalue weighted by Crippen LogP contribution is 2.10. The molecular weight excluding hydrogens is 208 g/mol. The van der Waals surface area contributed by atoms with E-state index in [4.69, 9.17) is 0 Å². The predicted octanol–water partition coefficient (Wildman–Crippen LogP) is 3.52. The molecule has 1 N–H and O–H groups in total. The molecule has 0 aromatic heterocycles. The van der Waals surface area contributed by atoms with Gasteiger partial charge in [0.05, 0.1) is 0 Å². The van der Waals surface area contributed by atoms with Crippen molar-refractivity contribution in [3.63, 3.8) is 0 Å². The van der Waals surface area contributed by atoms with Gasteiger partial charge in [0.1, 0.15) is 0 Å². The maximum Gasteiger partial charge on any atom is 0.0123 e. The van der Waals surface area contributed by atoms with Crippen LogP contribution in [0.3, 0.4) is 0 Å². The molecule has 0 aliphatic rings. The van der Waals surface area contributed by atoms with Gasteiger partial charge in [0.2, 0.25) is 0 Å². The first-order valence-corrected chi connectivity index (χ1v) is 7.46. The summed E-state index contributed by atoms with van der Waals surface area (Å²) in [6.45, 7) is 18.4. The van der Waals surface area contributed by atoms with Crippen LogP contribution in [0.2, 0.25) is 0 Å². The number of nitrogens with one attached hydrogen (secondary N) is 1. The largest absolute Gasteiger partial charge is 0.311 e. The standard InChI is InChI=1S/C15H34N2/c1-7-14(8-2)13-17(10-4)12-11-16-15(5,6)9-3/h14,16H,7-13H2,1-6H3. The smallest absolute Gasteiger partial charge is 0.0123 e. The molecule has 2 heteroatoms. The van der Waals surface area contributed by atoms with Crippen LogP contribution in [0.25, 0.3) is 0 Å². The molecule has 0 aliphatic heterocycles. The first-order chi connectivity index (χ1) is 7.99. The van der Waals surface area contributed by atoms with E-state index >= 15 is 0 Å². The fourth-order valence-electron chi connectivity index (χ4n) is 1.97. The zero-order valence-corrected chi connectivity index (χ0v) is 13.0. The maximum absolute atomic E-state index is 3.64. The second-order valence-electron chi connectivity index (χ2n) is 5.74. The Morgan fingerprint density at radius 2 is 1.65 bits per heavy atom. The zero-order chi connectivity index (χ0) is 13.3. The third kappa shape index (κ3) is 7.77. The minimum atomic E-state index is 0.286. The summed E-state index contributed by atoms with van der Waals surface area (Å²) in [5.41, 5.74) is 0.286. The fraction of sp³-hybridized carbons (Fsp3) is 1.00. The predicted molar refractivity (Wildman–Crippen MR) is 78.6 cm³/mol. The summed E-state index contributed by atoms with van der Waals surface area (Å²) in [5, 5.41) is 3.64. The minimum absolute atomic E-state index is 0.286. The SMILES string of the molecule is CCC(CC)CN(CC)CCNC(C)(C)CC. The van der Waals surface area contributed by atoms with E-state index in [1.807, 2.05) is 0 Å². The van der Waals surface area contributed by atoms with Crippen molar-refractivity contribution in [3.05, 3.63) is 0 Å². The summed E-state index contributed by atoms with van der Waals surface area (Å²) in [5.74, 6) is 0.870. The van der Waals surface area contributed by atoms with Crippen LogP contribution < -0.4 is 5.32 Å². The summed E-state index contributed by atoms with van der Waals surface area (Å²) in [6.07, 6.45) is 3.80. The molecule has 0 aliphatic carbocycles. The Morgan fingerprint density at radius 3 is 2.06 bits per heavy atom. The van der Waals surface area contributed by atoms with Crippen molar-refractivity contribution in [1.29, 1.82) is 0 Å². The van der Waals surface area contributed by atoms with Gasteiger partial charge >= 0.3 is 0 Å². The van der Waals surface area contributed by atoms with Crippen LogP contribution in [0.4, 0.5) is 0 Å². The average molecular weight is 242 g/mol. The Bertz CT molecular complexity index is 174. The highest BCUT2D eigenvalue weighted by molar-refractivity contribution is 4.76. The summed E-state index contributed by atoms with van der Waals surface area (Å²) in [7, 11) is 0. The van der Waals surface area contributed by atoms with Crippen molar-refractivity contribution < 1.29 is 0 Å². The van der Waals surface area contributed by atoms with Crippen LogP contribution in [-0.4, -0.2) is 36.6 Å². The number of hydrogen-bond acceptors (Lipinski definition) is 2. The molecule has 0 heterocycles. The third-order valence-electron chi connectivity index (χ3n) is 4.03. The van der Waals surface area contributed by atoms with Gasteiger partial charge in [-0.05, 0) is 32.7 Å². The first-order valence-electron chi connectivity index (χ1n) is 7.46. The van der Waals surface area contributed by atoms with Gasteiger partial charge in [-0.3, -0.25) is 0 Å². The number of nitrogens with zero attached hydrogens (tertiary/aromatic N) is 1. The van der Waals surface area contributed by atoms with Crippen molar-refractivity contribution in [1.82, 2.24) is 10.2 Å². The quantitative estimate of drug-likeness (QED) is 0.630. The lowest BCUT2D eigenvalue weighted by atomic mass is 10.0. The van der Waals surface area contributed by atoms with Gasteiger partial charge < -0.3 is 10.2 Å². The molecule has 0 spiro atoms. The van der Waals surface area contributed by atoms with Crippen LogP contribution in [0.15, 0.2) is 0 Å². The molecule has 17 heavy (non-hydrogen) atoms. The second kappa shape index (κ2) is 8.93. The molecule has 0 radical (unpaired) electrons. The van der Waals surface area contributed by atoms with E-state index in [-0.39, 0.29) is 5.54 Å². The van der Waals surface area contributed by atoms with Crippen molar-refractivity contribution in [2.24, 2.45) is 5.92 Å². The third-order valence-corrected chi connectivity index (χ3v) is 4.03. The summed E-state index contributed by atoms with van der Waals surface area (Å²) < 4.78 is 0. The highest BCUT2D eigenvalue weighted by atomic mass is 15.1. The highest BCUT2D eigenvalue weighted by Gasteiger charge is 2.14. The summed E-state index contributed by atoms with van der Waals surface area (Å²) in [6, 6.07) is 0. The van der Waals surface area contributed by atoms with Crippen LogP contribution in [0.1, 0.15) is 60.8 Å². The summed E-state index contributed by atoms with van der Waals surface area (Å²) in [4.78, 5) is 2.58. The Hall–Kier alpha value is -0.0800. The number of rotatable bonds is 10. The minimum Gasteiger partial charge on any atom is -0.311 e. The Balaban J connectivity index is 3.90. The summed E-state index contributed by atoms with van der Waals surface area (Å²) >= 11 is 0. The van der Waals surface area contributed by atoms with Crippen LogP contribution in [0, 0.1) is 5.92 Å². The number of hydrogen-bond donors (Lipinski definition) is 1. The maximum atomic E-state index is 3.64. The molecule has 0 saturated carbocycles. The van der Waals surface area contributed by atoms with Crippen LogP contribution >= 0.6 is 0 Å². The molecule has 0 fully saturated rings. The lowest BCUT2D eigenvalue weighted by molar-refractivity contribution is 0.224. The zero-order valence-electron chi connectivity index (χ0n) is 13.0. The first kappa shape index (κ1) is 16.9. The molecule has 0 rings (SSSR count). The van der Waals surface area contributed by atoms with E-state index in [1.165, 1.54) is 38.9 Å². The van der Waals surface area contributed by atoms with Crippen molar-refractivity contribution in [2.75, 3.05) is 26.2 Å². The molecule has 2 nitrogen and oxygen atoms in total. The van der Waals surface area contributed by atoms with Crippen LogP contribution in [0.5, 0.6) is 0 Å². The molecule has 0 amide bonds. The average Bonchev–Trinajstić information content (AvgIpc) is 2.33. The van der Waals surface area contributed by atoms with E-state index in [1.54, 1.807) is 0 Å². The van der Waals surface area contributed by atoms with Gasteiger partial charge in [-0.2, -0.15) is 0 Å². The Morgan fingerprint density at radius 1 is 1.06 bits per heavy atom. The van der Waals surface area contributed by atoms with Crippen LogP contribution in [-0.2, 0) is 0 Å². The molecule has 0 aromatic carbocycles. The van der Waals surface area contributed by atoms with E-state index in [0.29, 0.717) is 0 Å². The van der Waals surface area contributed by atoms with Gasteiger partial charge in [0.15, 0.2) is 0 Å².